The van der Waals surface area contributed by atoms with Crippen LogP contribution >= 0.6 is 11.8 Å². The molecular weight excluding hydrogens is 262 g/mol. The third-order valence-corrected chi connectivity index (χ3v) is 4.22. The summed E-state index contributed by atoms with van der Waals surface area (Å²) in [6, 6.07) is 0. The zero-order chi connectivity index (χ0) is 14.6. The van der Waals surface area contributed by atoms with Gasteiger partial charge < -0.3 is 15.2 Å². The molecule has 0 saturated carbocycles. The fraction of sp³-hybridized carbons (Fsp3) is 0.929. The van der Waals surface area contributed by atoms with Crippen LogP contribution in [0.4, 0.5) is 0 Å². The number of carbonyl (C=O) groups excluding carboxylic acids is 1. The molecule has 1 atom stereocenters. The number of carbonyl (C=O) groups is 1. The van der Waals surface area contributed by atoms with E-state index in [-0.39, 0.29) is 12.6 Å². The number of ether oxygens (including phenoxy) is 1. The Balaban J connectivity index is 3.89. The van der Waals surface area contributed by atoms with E-state index in [0.29, 0.717) is 0 Å². The van der Waals surface area contributed by atoms with Crippen molar-refractivity contribution in [3.63, 3.8) is 0 Å². The van der Waals surface area contributed by atoms with E-state index in [1.165, 1.54) is 7.11 Å². The lowest BCUT2D eigenvalue weighted by Crippen LogP contribution is -2.50. The van der Waals surface area contributed by atoms with E-state index in [0.717, 1.165) is 50.2 Å². The zero-order valence-electron chi connectivity index (χ0n) is 12.5. The Hall–Kier alpha value is -0.260. The van der Waals surface area contributed by atoms with Crippen molar-refractivity contribution in [1.29, 1.82) is 0 Å². The van der Waals surface area contributed by atoms with E-state index >= 15 is 0 Å². The van der Waals surface area contributed by atoms with Crippen LogP contribution in [0.3, 0.4) is 0 Å². The molecule has 0 fully saturated rings. The number of hydrogen-bond donors (Lipinski definition) is 2. The number of methoxy groups -OCH3 is 1. The molecule has 0 aromatic heterocycles. The van der Waals surface area contributed by atoms with Crippen LogP contribution in [0, 0.1) is 0 Å². The summed E-state index contributed by atoms with van der Waals surface area (Å²) in [5, 5.41) is 12.0. The first-order valence-corrected chi connectivity index (χ1v) is 8.28. The Morgan fingerprint density at radius 2 is 2.00 bits per heavy atom. The molecule has 0 aromatic rings. The van der Waals surface area contributed by atoms with Crippen molar-refractivity contribution in [2.75, 3.05) is 31.8 Å². The molecule has 4 nitrogen and oxygen atoms in total. The zero-order valence-corrected chi connectivity index (χ0v) is 13.4. The summed E-state index contributed by atoms with van der Waals surface area (Å²) in [6.07, 6.45) is 4.78. The highest BCUT2D eigenvalue weighted by atomic mass is 32.2. The molecule has 0 aromatic carbocycles. The maximum Gasteiger partial charge on any atom is 0.325 e. The number of esters is 1. The molecule has 2 N–H and O–H groups in total. The molecule has 0 aliphatic carbocycles. The van der Waals surface area contributed by atoms with E-state index in [4.69, 9.17) is 9.84 Å². The summed E-state index contributed by atoms with van der Waals surface area (Å²) in [4.78, 5) is 11.8. The van der Waals surface area contributed by atoms with Gasteiger partial charge in [0.1, 0.15) is 5.54 Å². The number of unbranched alkanes of at least 4 members (excludes halogenated alkanes) is 1. The highest BCUT2D eigenvalue weighted by Gasteiger charge is 2.32. The van der Waals surface area contributed by atoms with Gasteiger partial charge >= 0.3 is 5.97 Å². The van der Waals surface area contributed by atoms with Gasteiger partial charge in [-0.05, 0) is 50.7 Å². The Labute approximate surface area is 121 Å². The van der Waals surface area contributed by atoms with Crippen molar-refractivity contribution in [2.24, 2.45) is 0 Å². The Morgan fingerprint density at radius 1 is 1.32 bits per heavy atom. The van der Waals surface area contributed by atoms with Gasteiger partial charge in [0.15, 0.2) is 0 Å². The molecule has 0 radical (unpaired) electrons. The standard InChI is InChI=1S/C14H29NO3S/c1-4-9-15-14(2,13(17)18-3)8-5-6-11-19-12-7-10-16/h15-16H,4-12H2,1-3H3. The van der Waals surface area contributed by atoms with E-state index < -0.39 is 5.54 Å². The van der Waals surface area contributed by atoms with Gasteiger partial charge in [-0.1, -0.05) is 13.3 Å². The summed E-state index contributed by atoms with van der Waals surface area (Å²) in [6.45, 7) is 5.11. The average Bonchev–Trinajstić information content (AvgIpc) is 2.43. The van der Waals surface area contributed by atoms with E-state index in [9.17, 15) is 4.79 Å². The number of aliphatic hydroxyl groups excluding tert-OH is 1. The van der Waals surface area contributed by atoms with Crippen molar-refractivity contribution < 1.29 is 14.6 Å². The van der Waals surface area contributed by atoms with Crippen LogP contribution in [0.25, 0.3) is 0 Å². The lowest BCUT2D eigenvalue weighted by Gasteiger charge is -2.28. The number of nitrogens with one attached hydrogen (secondary N) is 1. The first kappa shape index (κ1) is 18.7. The molecule has 0 spiro atoms. The van der Waals surface area contributed by atoms with Crippen LogP contribution < -0.4 is 5.32 Å². The highest BCUT2D eigenvalue weighted by Crippen LogP contribution is 2.17. The summed E-state index contributed by atoms with van der Waals surface area (Å²) >= 11 is 1.86. The van der Waals surface area contributed by atoms with Crippen LogP contribution in [0.1, 0.15) is 46.0 Å². The van der Waals surface area contributed by atoms with Gasteiger partial charge in [0.25, 0.3) is 0 Å². The van der Waals surface area contributed by atoms with Crippen molar-refractivity contribution in [3.8, 4) is 0 Å². The monoisotopic (exact) mass is 291 g/mol. The van der Waals surface area contributed by atoms with E-state index in [1.807, 2.05) is 18.7 Å². The summed E-state index contributed by atoms with van der Waals surface area (Å²) in [7, 11) is 1.44. The van der Waals surface area contributed by atoms with Gasteiger partial charge in [-0.15, -0.1) is 0 Å². The lowest BCUT2D eigenvalue weighted by atomic mass is 9.95. The Kier molecular flexibility index (Phi) is 11.4. The van der Waals surface area contributed by atoms with Crippen molar-refractivity contribution in [1.82, 2.24) is 5.32 Å². The smallest absolute Gasteiger partial charge is 0.325 e. The minimum Gasteiger partial charge on any atom is -0.468 e. The molecule has 0 aliphatic heterocycles. The second-order valence-electron chi connectivity index (χ2n) is 4.90. The molecule has 0 saturated heterocycles. The minimum atomic E-state index is -0.555. The number of aliphatic hydroxyl groups is 1. The molecule has 114 valence electrons. The third-order valence-electron chi connectivity index (χ3n) is 3.06. The largest absolute Gasteiger partial charge is 0.468 e. The molecule has 19 heavy (non-hydrogen) atoms. The van der Waals surface area contributed by atoms with Crippen LogP contribution in [0.2, 0.25) is 0 Å². The van der Waals surface area contributed by atoms with Crippen molar-refractivity contribution >= 4 is 17.7 Å². The SMILES string of the molecule is CCCNC(C)(CCCCSCCCO)C(=O)OC. The molecule has 1 unspecified atom stereocenters. The maximum atomic E-state index is 11.8. The quantitative estimate of drug-likeness (QED) is 0.426. The molecule has 0 bridgehead atoms. The van der Waals surface area contributed by atoms with Crippen LogP contribution in [0.15, 0.2) is 0 Å². The van der Waals surface area contributed by atoms with Gasteiger partial charge in [0.05, 0.1) is 7.11 Å². The molecule has 0 aliphatic rings. The number of hydrogen-bond acceptors (Lipinski definition) is 5. The second-order valence-corrected chi connectivity index (χ2v) is 6.12. The molecular formula is C14H29NO3S. The average molecular weight is 291 g/mol. The Morgan fingerprint density at radius 3 is 2.58 bits per heavy atom. The topological polar surface area (TPSA) is 58.6 Å². The lowest BCUT2D eigenvalue weighted by molar-refractivity contribution is -0.148. The molecule has 5 heteroatoms. The summed E-state index contributed by atoms with van der Waals surface area (Å²) in [5.74, 6) is 1.93. The van der Waals surface area contributed by atoms with Gasteiger partial charge in [0.2, 0.25) is 0 Å². The predicted octanol–water partition coefficient (Wildman–Crippen LogP) is 2.20. The summed E-state index contributed by atoms with van der Waals surface area (Å²) < 4.78 is 4.89. The van der Waals surface area contributed by atoms with Gasteiger partial charge in [-0.3, -0.25) is 4.79 Å². The normalized spacial score (nSPS) is 14.1. The predicted molar refractivity (Wildman–Crippen MR) is 81.6 cm³/mol. The molecule has 0 amide bonds. The molecule has 0 rings (SSSR count). The van der Waals surface area contributed by atoms with Crippen LogP contribution in [0.5, 0.6) is 0 Å². The van der Waals surface area contributed by atoms with E-state index in [1.54, 1.807) is 0 Å². The fourth-order valence-corrected chi connectivity index (χ4v) is 2.79. The van der Waals surface area contributed by atoms with Crippen molar-refractivity contribution in [3.05, 3.63) is 0 Å². The number of rotatable bonds is 12. The van der Waals surface area contributed by atoms with Gasteiger partial charge in [0, 0.05) is 6.61 Å². The molecule has 0 heterocycles. The first-order valence-electron chi connectivity index (χ1n) is 7.12. The first-order chi connectivity index (χ1) is 9.10. The minimum absolute atomic E-state index is 0.172. The van der Waals surface area contributed by atoms with Gasteiger partial charge in [-0.25, -0.2) is 0 Å². The second kappa shape index (κ2) is 11.6. The van der Waals surface area contributed by atoms with Crippen molar-refractivity contribution in [2.45, 2.75) is 51.5 Å². The maximum absolute atomic E-state index is 11.8. The van der Waals surface area contributed by atoms with Gasteiger partial charge in [-0.2, -0.15) is 11.8 Å². The highest BCUT2D eigenvalue weighted by molar-refractivity contribution is 7.99. The fourth-order valence-electron chi connectivity index (χ4n) is 1.84. The third kappa shape index (κ3) is 8.50. The van der Waals surface area contributed by atoms with E-state index in [2.05, 4.69) is 12.2 Å². The van der Waals surface area contributed by atoms with Crippen LogP contribution in [-0.4, -0.2) is 48.4 Å². The number of thioether (sulfide) groups is 1. The van der Waals surface area contributed by atoms with Crippen LogP contribution in [-0.2, 0) is 9.53 Å². The summed E-state index contributed by atoms with van der Waals surface area (Å²) in [5.41, 5.74) is -0.555. The Bertz CT molecular complexity index is 239.